The van der Waals surface area contributed by atoms with Gasteiger partial charge in [-0.2, -0.15) is 0 Å². The molecule has 0 aliphatic carbocycles. The molecule has 78 valence electrons. The van der Waals surface area contributed by atoms with Crippen molar-refractivity contribution in [2.75, 3.05) is 0 Å². The number of hydrogen-bond donors (Lipinski definition) is 2. The Morgan fingerprint density at radius 2 is 1.79 bits per heavy atom. The monoisotopic (exact) mass is 246 g/mol. The zero-order valence-corrected chi connectivity index (χ0v) is 11.5. The quantitative estimate of drug-likeness (QED) is 0.472. The van der Waals surface area contributed by atoms with E-state index >= 15 is 0 Å². The third kappa shape index (κ3) is 29.5. The first kappa shape index (κ1) is 19.7. The van der Waals surface area contributed by atoms with E-state index in [9.17, 15) is 5.11 Å². The number of rotatable bonds is 3. The van der Waals surface area contributed by atoms with Gasteiger partial charge in [0.2, 0.25) is 0 Å². The van der Waals surface area contributed by atoms with Gasteiger partial charge >= 0.3 is 23.1 Å². The van der Waals surface area contributed by atoms with Crippen molar-refractivity contribution in [2.45, 2.75) is 32.7 Å². The minimum Gasteiger partial charge on any atom is -0.852 e. The molecule has 0 saturated heterocycles. The minimum atomic E-state index is -0.750. The number of hydrogen-bond acceptors (Lipinski definition) is 4. The van der Waals surface area contributed by atoms with Crippen LogP contribution in [-0.2, 0) is 0 Å². The summed E-state index contributed by atoms with van der Waals surface area (Å²) in [6.45, 7) is 4.03. The van der Waals surface area contributed by atoms with Gasteiger partial charge in [-0.05, 0) is 13.3 Å². The molecule has 0 bridgehead atoms. The Kier molecular flexibility index (Phi) is 18.5. The van der Waals surface area contributed by atoms with E-state index in [0.29, 0.717) is 0 Å². The van der Waals surface area contributed by atoms with Gasteiger partial charge in [-0.25, -0.2) is 0 Å². The van der Waals surface area contributed by atoms with Gasteiger partial charge < -0.3 is 21.3 Å². The fourth-order valence-corrected chi connectivity index (χ4v) is 0.908. The molecule has 7 heteroatoms. The van der Waals surface area contributed by atoms with Crippen LogP contribution >= 0.6 is 24.4 Å². The predicted octanol–water partition coefficient (Wildman–Crippen LogP) is -1.38. The van der Waals surface area contributed by atoms with Crippen LogP contribution in [0.4, 0.5) is 0 Å². The van der Waals surface area contributed by atoms with Crippen LogP contribution in [0.5, 0.6) is 0 Å². The second-order valence-electron chi connectivity index (χ2n) is 2.44. The van der Waals surface area contributed by atoms with Crippen molar-refractivity contribution >= 4 is 57.8 Å². The van der Waals surface area contributed by atoms with Crippen molar-refractivity contribution in [3.8, 4) is 0 Å². The molecule has 1 atom stereocenters. The fourth-order valence-electron chi connectivity index (χ4n) is 0.706. The van der Waals surface area contributed by atoms with E-state index in [2.05, 4.69) is 42.4 Å². The van der Waals surface area contributed by atoms with E-state index < -0.39 is 5.17 Å². The molecular weight excluding hydrogens is 233 g/mol. The molecule has 0 amide bonds. The minimum absolute atomic E-state index is 0. The molecule has 14 heavy (non-hydrogen) atoms. The Morgan fingerprint density at radius 3 is 2.00 bits per heavy atom. The first-order chi connectivity index (χ1) is 5.90. The van der Waals surface area contributed by atoms with Crippen molar-refractivity contribution in [3.63, 3.8) is 0 Å². The maximum Gasteiger partial charge on any atom is 2.00 e. The zero-order valence-electron chi connectivity index (χ0n) is 8.41. The zero-order chi connectivity index (χ0) is 10.9. The van der Waals surface area contributed by atoms with Crippen LogP contribution in [0, 0.1) is 0 Å². The molecule has 1 unspecified atom stereocenters. The summed E-state index contributed by atoms with van der Waals surface area (Å²) in [5.74, 6) is 0. The van der Waals surface area contributed by atoms with Gasteiger partial charge in [0.1, 0.15) is 0 Å². The van der Waals surface area contributed by atoms with Gasteiger partial charge in [-0.1, -0.05) is 37.8 Å². The maximum absolute atomic E-state index is 10.2. The molecule has 0 aromatic carbocycles. The largest absolute Gasteiger partial charge is 2.00 e. The molecule has 0 spiro atoms. The van der Waals surface area contributed by atoms with E-state index in [4.69, 9.17) is 5.11 Å². The SMILES string of the molecule is CCCC(C)NC([O-])=S.NC([O-])=S.[Mg+2]. The summed E-state index contributed by atoms with van der Waals surface area (Å²) in [5, 5.41) is 20.8. The van der Waals surface area contributed by atoms with Crippen molar-refractivity contribution in [1.29, 1.82) is 0 Å². The van der Waals surface area contributed by atoms with E-state index in [0.717, 1.165) is 12.8 Å². The summed E-state index contributed by atoms with van der Waals surface area (Å²) in [7, 11) is 0. The summed E-state index contributed by atoms with van der Waals surface area (Å²) in [6, 6.07) is 0.236. The number of nitrogens with one attached hydrogen (secondary N) is 1. The van der Waals surface area contributed by atoms with Crippen molar-refractivity contribution in [2.24, 2.45) is 5.73 Å². The average Bonchev–Trinajstić information content (AvgIpc) is 1.83. The second kappa shape index (κ2) is 13.1. The van der Waals surface area contributed by atoms with Crippen LogP contribution in [-0.4, -0.2) is 39.4 Å². The van der Waals surface area contributed by atoms with Crippen molar-refractivity contribution in [3.05, 3.63) is 0 Å². The first-order valence-electron chi connectivity index (χ1n) is 3.84. The third-order valence-corrected chi connectivity index (χ3v) is 1.20. The first-order valence-corrected chi connectivity index (χ1v) is 4.65. The van der Waals surface area contributed by atoms with E-state index in [1.165, 1.54) is 0 Å². The second-order valence-corrected chi connectivity index (χ2v) is 3.21. The van der Waals surface area contributed by atoms with Crippen molar-refractivity contribution in [1.82, 2.24) is 5.32 Å². The molecule has 0 aliphatic rings. The molecular formula is C7H14MgN2O2S2. The van der Waals surface area contributed by atoms with Crippen LogP contribution in [0.15, 0.2) is 0 Å². The molecule has 0 heterocycles. The summed E-state index contributed by atoms with van der Waals surface area (Å²) >= 11 is 8.08. The molecule has 0 saturated carbocycles. The van der Waals surface area contributed by atoms with Crippen LogP contribution in [0.25, 0.3) is 0 Å². The number of nitrogens with two attached hydrogens (primary N) is 1. The normalized spacial score (nSPS) is 9.86. The van der Waals surface area contributed by atoms with Crippen LogP contribution in [0.1, 0.15) is 26.7 Å². The maximum atomic E-state index is 10.2. The predicted molar refractivity (Wildman–Crippen MR) is 62.6 cm³/mol. The van der Waals surface area contributed by atoms with Crippen LogP contribution in [0.3, 0.4) is 0 Å². The molecule has 0 rings (SSSR count). The van der Waals surface area contributed by atoms with Gasteiger partial charge in [-0.3, -0.25) is 0 Å². The van der Waals surface area contributed by atoms with Crippen LogP contribution in [0.2, 0.25) is 0 Å². The Labute approximate surface area is 111 Å². The molecule has 3 N–H and O–H groups in total. The molecule has 4 nitrogen and oxygen atoms in total. The van der Waals surface area contributed by atoms with Gasteiger partial charge in [0, 0.05) is 16.4 Å². The Morgan fingerprint density at radius 1 is 1.43 bits per heavy atom. The van der Waals surface area contributed by atoms with E-state index in [1.54, 1.807) is 0 Å². The van der Waals surface area contributed by atoms with Gasteiger partial charge in [0.15, 0.2) is 0 Å². The molecule has 0 fully saturated rings. The van der Waals surface area contributed by atoms with E-state index in [1.807, 2.05) is 6.92 Å². The summed E-state index contributed by atoms with van der Waals surface area (Å²) in [6.07, 6.45) is 2.08. The Hall–Kier alpha value is 0.146. The summed E-state index contributed by atoms with van der Waals surface area (Å²) in [4.78, 5) is 0. The summed E-state index contributed by atoms with van der Waals surface area (Å²) < 4.78 is 0. The van der Waals surface area contributed by atoms with Gasteiger partial charge in [-0.15, -0.1) is 0 Å². The fraction of sp³-hybridized carbons (Fsp3) is 0.714. The Bertz CT molecular complexity index is 166. The van der Waals surface area contributed by atoms with E-state index in [-0.39, 0.29) is 34.3 Å². The molecule has 0 aliphatic heterocycles. The molecule has 0 radical (unpaired) electrons. The van der Waals surface area contributed by atoms with Gasteiger partial charge in [0.25, 0.3) is 0 Å². The molecule has 0 aromatic heterocycles. The standard InChI is InChI=1S/C6H13NOS.CH3NOS.Mg/c1-3-4-5(2)7-6(8)9;2-1(3)4;/h5H,3-4H2,1-2H3,(H2,7,8,9);(H3,2,3,4);/q;;+2/p-2. The summed E-state index contributed by atoms with van der Waals surface area (Å²) in [5.41, 5.74) is 4.29. The third-order valence-electron chi connectivity index (χ3n) is 1.09. The smallest absolute Gasteiger partial charge is 0.852 e. The average molecular weight is 247 g/mol. The van der Waals surface area contributed by atoms with Crippen LogP contribution < -0.4 is 21.3 Å². The topological polar surface area (TPSA) is 84.2 Å². The van der Waals surface area contributed by atoms with Crippen molar-refractivity contribution < 1.29 is 10.2 Å². The number of thiocarbonyl (C=S) groups is 2. The molecule has 0 aromatic rings. The van der Waals surface area contributed by atoms with Gasteiger partial charge in [0.05, 0.1) is 0 Å². The Balaban J connectivity index is -0.000000209.